The molecule has 3 aliphatic heterocycles. The summed E-state index contributed by atoms with van der Waals surface area (Å²) in [6.07, 6.45) is 14.6. The Labute approximate surface area is 552 Å². The van der Waals surface area contributed by atoms with Gasteiger partial charge in [-0.1, -0.05) is 102 Å². The summed E-state index contributed by atoms with van der Waals surface area (Å²) in [6, 6.07) is 2.34. The van der Waals surface area contributed by atoms with E-state index in [0.29, 0.717) is 77.3 Å². The van der Waals surface area contributed by atoms with Gasteiger partial charge in [-0.25, -0.2) is 0 Å². The number of benzene rings is 1. The first-order valence-electron chi connectivity index (χ1n) is 34.6. The molecule has 3 heterocycles. The lowest BCUT2D eigenvalue weighted by Crippen LogP contribution is -2.59. The number of carbonyl (C=O) groups is 12. The molecule has 24 heteroatoms. The topological polar surface area (TPSA) is 270 Å². The van der Waals surface area contributed by atoms with Crippen LogP contribution in [0.5, 0.6) is 0 Å². The molecule has 5 fully saturated rings. The summed E-state index contributed by atoms with van der Waals surface area (Å²) in [6.45, 7) is 5.13. The van der Waals surface area contributed by atoms with Crippen LogP contribution in [0.15, 0.2) is 30.3 Å². The van der Waals surface area contributed by atoms with Gasteiger partial charge in [-0.2, -0.15) is 0 Å². The van der Waals surface area contributed by atoms with Crippen LogP contribution in [0, 0.1) is 17.8 Å². The van der Waals surface area contributed by atoms with Crippen molar-refractivity contribution in [1.82, 2.24) is 60.0 Å². The predicted molar refractivity (Wildman–Crippen MR) is 352 cm³/mol. The highest BCUT2D eigenvalue weighted by molar-refractivity contribution is 5.98. The van der Waals surface area contributed by atoms with E-state index in [-0.39, 0.29) is 49.6 Å². The maximum absolute atomic E-state index is 15.2. The zero-order chi connectivity index (χ0) is 68.1. The molecular formula is C69H110N12O12. The number of carbonyl (C=O) groups excluding carboxylic acids is 12. The SMILES string of the molecule is CC[C@H](C)C1NC(=O)[C@H](C)N(C)C(=O)C[C@@H](C(=O)N2CCCCC2)N(C)C(=O)[C@H](C2CCCCC2)N(C)C(=O)CCCCNC(=O)[C@@H]2CCCN2C(=O)[C@H](CCCc2ccccc2)NC(=O)CN(C)C(=O)[C@H](CC2CCCCC2)N(C)C(=O)CN(C)C(=O)CN(C)C1=O. The fourth-order valence-electron chi connectivity index (χ4n) is 14.0. The highest BCUT2D eigenvalue weighted by atomic mass is 16.2. The van der Waals surface area contributed by atoms with Crippen molar-refractivity contribution in [1.29, 1.82) is 0 Å². The quantitative estimate of drug-likeness (QED) is 0.301. The van der Waals surface area contributed by atoms with Gasteiger partial charge in [-0.05, 0) is 114 Å². The Hall–Kier alpha value is -7.14. The predicted octanol–water partition coefficient (Wildman–Crippen LogP) is 3.97. The van der Waals surface area contributed by atoms with E-state index in [9.17, 15) is 52.7 Å². The zero-order valence-corrected chi connectivity index (χ0v) is 57.5. The number of piperidine rings is 1. The van der Waals surface area contributed by atoms with Gasteiger partial charge >= 0.3 is 0 Å². The van der Waals surface area contributed by atoms with Gasteiger partial charge in [0, 0.05) is 81.9 Å². The zero-order valence-electron chi connectivity index (χ0n) is 57.5. The number of nitrogens with one attached hydrogen (secondary N) is 3. The van der Waals surface area contributed by atoms with E-state index in [1.165, 1.54) is 88.4 Å². The van der Waals surface area contributed by atoms with E-state index in [1.807, 2.05) is 37.3 Å². The summed E-state index contributed by atoms with van der Waals surface area (Å²) in [5, 5.41) is 8.74. The number of fused-ring (bicyclic) bond motifs is 1. The van der Waals surface area contributed by atoms with Crippen LogP contribution >= 0.6 is 0 Å². The second kappa shape index (κ2) is 36.5. The van der Waals surface area contributed by atoms with Crippen molar-refractivity contribution >= 4 is 70.9 Å². The van der Waals surface area contributed by atoms with Gasteiger partial charge in [0.25, 0.3) is 0 Å². The monoisotopic (exact) mass is 1300 g/mol. The Morgan fingerprint density at radius 3 is 1.85 bits per heavy atom. The highest BCUT2D eigenvalue weighted by Crippen LogP contribution is 2.32. The van der Waals surface area contributed by atoms with Crippen LogP contribution in [0.1, 0.15) is 174 Å². The van der Waals surface area contributed by atoms with Crippen LogP contribution in [0.2, 0.25) is 0 Å². The summed E-state index contributed by atoms with van der Waals surface area (Å²) in [5.74, 6) is -6.63. The molecule has 3 N–H and O–H groups in total. The Kier molecular flexibility index (Phi) is 29.4. The molecule has 2 saturated carbocycles. The molecule has 6 rings (SSSR count). The van der Waals surface area contributed by atoms with E-state index in [4.69, 9.17) is 0 Å². The highest BCUT2D eigenvalue weighted by Gasteiger charge is 2.44. The van der Waals surface area contributed by atoms with E-state index >= 15 is 4.79 Å². The molecular weight excluding hydrogens is 1190 g/mol. The second-order valence-electron chi connectivity index (χ2n) is 27.3. The molecule has 1 unspecified atom stereocenters. The minimum Gasteiger partial charge on any atom is -0.354 e. The number of likely N-dealkylation sites (N-methyl/N-ethyl adjacent to an activating group) is 7. The molecule has 0 aromatic heterocycles. The average molecular weight is 1300 g/mol. The maximum Gasteiger partial charge on any atom is 0.246 e. The lowest BCUT2D eigenvalue weighted by Gasteiger charge is -2.41. The minimum absolute atomic E-state index is 0.0520. The molecule has 5 aliphatic rings. The molecule has 1 aromatic carbocycles. The third kappa shape index (κ3) is 20.9. The van der Waals surface area contributed by atoms with Gasteiger partial charge < -0.3 is 60.0 Å². The summed E-state index contributed by atoms with van der Waals surface area (Å²) in [4.78, 5) is 185. The largest absolute Gasteiger partial charge is 0.354 e. The molecule has 12 amide bonds. The molecule has 93 heavy (non-hydrogen) atoms. The van der Waals surface area contributed by atoms with Gasteiger partial charge in [0.15, 0.2) is 0 Å². The first kappa shape index (κ1) is 74.9. The van der Waals surface area contributed by atoms with Crippen molar-refractivity contribution < 1.29 is 57.5 Å². The molecule has 8 atom stereocenters. The van der Waals surface area contributed by atoms with E-state index < -0.39 is 133 Å². The van der Waals surface area contributed by atoms with Gasteiger partial charge in [0.1, 0.15) is 42.3 Å². The number of nitrogens with zero attached hydrogens (tertiary/aromatic N) is 9. The van der Waals surface area contributed by atoms with Gasteiger partial charge in [-0.15, -0.1) is 0 Å². The normalized spacial score (nSPS) is 26.9. The Balaban J connectivity index is 1.29. The minimum atomic E-state index is -1.28. The Morgan fingerprint density at radius 1 is 0.570 bits per heavy atom. The Bertz CT molecular complexity index is 2730. The van der Waals surface area contributed by atoms with Crippen LogP contribution < -0.4 is 16.0 Å². The number of amides is 12. The van der Waals surface area contributed by atoms with Crippen molar-refractivity contribution in [2.75, 3.05) is 95.1 Å². The molecule has 0 spiro atoms. The van der Waals surface area contributed by atoms with E-state index in [0.717, 1.165) is 76.2 Å². The van der Waals surface area contributed by atoms with Crippen molar-refractivity contribution in [3.8, 4) is 0 Å². The summed E-state index contributed by atoms with van der Waals surface area (Å²) in [5.41, 5.74) is 1.05. The second-order valence-corrected chi connectivity index (χ2v) is 27.3. The third-order valence-corrected chi connectivity index (χ3v) is 20.5. The average Bonchev–Trinajstić information content (AvgIpc) is 1.85. The first-order chi connectivity index (χ1) is 44.3. The fraction of sp³-hybridized carbons (Fsp3) is 0.739. The number of hydrogen-bond acceptors (Lipinski definition) is 12. The summed E-state index contributed by atoms with van der Waals surface area (Å²) >= 11 is 0. The Morgan fingerprint density at radius 2 is 1.19 bits per heavy atom. The number of likely N-dealkylation sites (tertiary alicyclic amines) is 1. The molecule has 2 aliphatic carbocycles. The number of hydrogen-bond donors (Lipinski definition) is 3. The third-order valence-electron chi connectivity index (χ3n) is 20.5. The van der Waals surface area contributed by atoms with Gasteiger partial charge in [-0.3, -0.25) is 57.5 Å². The van der Waals surface area contributed by atoms with Gasteiger partial charge in [0.05, 0.1) is 26.1 Å². The number of aryl methyl sites for hydroxylation is 1. The fourth-order valence-corrected chi connectivity index (χ4v) is 14.0. The van der Waals surface area contributed by atoms with E-state index in [2.05, 4.69) is 16.0 Å². The molecule has 518 valence electrons. The van der Waals surface area contributed by atoms with Crippen LogP contribution in [0.25, 0.3) is 0 Å². The maximum atomic E-state index is 15.2. The molecule has 0 bridgehead atoms. The number of rotatable bonds is 10. The van der Waals surface area contributed by atoms with Crippen LogP contribution in [0.3, 0.4) is 0 Å². The summed E-state index contributed by atoms with van der Waals surface area (Å²) in [7, 11) is 10.4. The van der Waals surface area contributed by atoms with Crippen LogP contribution in [-0.2, 0) is 64.0 Å². The standard InChI is InChI=1S/C69H110N12O12/c1-11-47(2)61-68(92)75(6)45-59(85)73(4)46-60(86)77(8)54(42-50-30-18-13-19-31-50)66(90)74(5)44-56(82)71-52(35-26-32-49-28-16-12-17-29-49)65(89)81-41-27-36-53(81)64(88)70-38-23-22-37-57(83)79(10)62(51-33-20-14-21-34-51)69(93)78(9)55(67(91)80-39-24-15-25-40-80)43-58(84)76(7)48(3)63(87)72-61/h12,16-17,28-29,47-48,50-55,61-62H,11,13-15,18-27,30-46H2,1-10H3,(H,70,88)(H,71,82)(H,72,87)/t47-,48-,52-,53-,54-,55-,61?,62-/m0/s1. The van der Waals surface area contributed by atoms with Crippen molar-refractivity contribution in [3.05, 3.63) is 35.9 Å². The van der Waals surface area contributed by atoms with E-state index in [1.54, 1.807) is 18.9 Å². The molecule has 3 saturated heterocycles. The molecule has 24 nitrogen and oxygen atoms in total. The molecule has 0 radical (unpaired) electrons. The lowest BCUT2D eigenvalue weighted by atomic mass is 9.82. The van der Waals surface area contributed by atoms with Crippen molar-refractivity contribution in [3.63, 3.8) is 0 Å². The lowest BCUT2D eigenvalue weighted by molar-refractivity contribution is -0.155. The van der Waals surface area contributed by atoms with Crippen LogP contribution in [0.4, 0.5) is 0 Å². The first-order valence-corrected chi connectivity index (χ1v) is 34.6. The smallest absolute Gasteiger partial charge is 0.246 e. The molecule has 1 aromatic rings. The van der Waals surface area contributed by atoms with Crippen LogP contribution in [-0.4, -0.2) is 252 Å². The van der Waals surface area contributed by atoms with Crippen molar-refractivity contribution in [2.24, 2.45) is 17.8 Å². The van der Waals surface area contributed by atoms with Crippen molar-refractivity contribution in [2.45, 2.75) is 217 Å². The van der Waals surface area contributed by atoms with Gasteiger partial charge in [0.2, 0.25) is 70.9 Å². The summed E-state index contributed by atoms with van der Waals surface area (Å²) < 4.78 is 0.